The zero-order chi connectivity index (χ0) is 44.9. The third kappa shape index (κ3) is 9.63. The van der Waals surface area contributed by atoms with Crippen molar-refractivity contribution in [3.8, 4) is 11.5 Å². The molecule has 63 heavy (non-hydrogen) atoms. The van der Waals surface area contributed by atoms with Crippen molar-refractivity contribution in [2.45, 2.75) is 32.7 Å². The molecule has 0 radical (unpaired) electrons. The second-order valence-corrected chi connectivity index (χ2v) is 18.1. The molecular formula is C43H34Cl2FN7O8S2. The van der Waals surface area contributed by atoms with Gasteiger partial charge in [0.05, 0.1) is 51.3 Å². The number of rotatable bonds is 12. The highest BCUT2D eigenvalue weighted by molar-refractivity contribution is 7.92. The Morgan fingerprint density at radius 2 is 1.35 bits per heavy atom. The molecule has 20 heteroatoms. The molecule has 3 N–H and O–H groups in total. The van der Waals surface area contributed by atoms with Gasteiger partial charge in [-0.3, -0.25) is 14.7 Å². The van der Waals surface area contributed by atoms with E-state index in [0.717, 1.165) is 22.7 Å². The van der Waals surface area contributed by atoms with Crippen molar-refractivity contribution in [1.29, 1.82) is 0 Å². The molecule has 4 heterocycles. The number of nitrogens with one attached hydrogen (secondary N) is 3. The van der Waals surface area contributed by atoms with E-state index in [4.69, 9.17) is 32.7 Å². The fourth-order valence-corrected chi connectivity index (χ4v) is 9.61. The molecule has 8 aromatic rings. The normalized spacial score (nSPS) is 11.4. The van der Waals surface area contributed by atoms with Gasteiger partial charge in [0, 0.05) is 49.3 Å². The first kappa shape index (κ1) is 44.2. The first-order valence-corrected chi connectivity index (χ1v) is 22.2. The van der Waals surface area contributed by atoms with E-state index in [0.29, 0.717) is 22.3 Å². The number of hydrogen-bond acceptors (Lipinski definition) is 11. The Balaban J connectivity index is 0.000000189. The van der Waals surface area contributed by atoms with Crippen LogP contribution in [0.2, 0.25) is 10.0 Å². The van der Waals surface area contributed by atoms with Gasteiger partial charge in [0.15, 0.2) is 11.4 Å². The Morgan fingerprint density at radius 1 is 0.730 bits per heavy atom. The van der Waals surface area contributed by atoms with Gasteiger partial charge in [-0.15, -0.1) is 0 Å². The number of hydrogen-bond donors (Lipinski definition) is 3. The SMILES string of the molecule is COc1c(Cl)ccc(S(=O)(=O)c2ccc(CNC(=O)c3cnc4[nH]ncc4c3)cc2)c1Cl.COc1ccc(S(=O)(=O)c2ccc(CNC(=O)c3ccc4nccn4c3)cc2)c(F)c1. The van der Waals surface area contributed by atoms with Crippen LogP contribution in [0.15, 0.2) is 148 Å². The second-order valence-electron chi connectivity index (χ2n) is 13.5. The van der Waals surface area contributed by atoms with E-state index in [9.17, 15) is 30.8 Å². The summed E-state index contributed by atoms with van der Waals surface area (Å²) in [6, 6.07) is 23.5. The first-order valence-electron chi connectivity index (χ1n) is 18.5. The number of carbonyl (C=O) groups is 2. The van der Waals surface area contributed by atoms with Crippen LogP contribution in [-0.2, 0) is 32.8 Å². The number of amides is 2. The van der Waals surface area contributed by atoms with Crippen molar-refractivity contribution >= 4 is 71.4 Å². The Labute approximate surface area is 369 Å². The van der Waals surface area contributed by atoms with E-state index < -0.39 is 30.4 Å². The van der Waals surface area contributed by atoms with Gasteiger partial charge in [-0.05, 0) is 77.9 Å². The molecule has 0 bridgehead atoms. The highest BCUT2D eigenvalue weighted by atomic mass is 35.5. The number of sulfone groups is 2. The van der Waals surface area contributed by atoms with Crippen LogP contribution in [0.3, 0.4) is 0 Å². The fraction of sp³-hybridized carbons (Fsp3) is 0.0930. The van der Waals surface area contributed by atoms with Crippen LogP contribution in [0.4, 0.5) is 4.39 Å². The van der Waals surface area contributed by atoms with Gasteiger partial charge in [0.25, 0.3) is 11.8 Å². The van der Waals surface area contributed by atoms with E-state index in [1.54, 1.807) is 71.7 Å². The van der Waals surface area contributed by atoms with E-state index in [2.05, 4.69) is 30.8 Å². The monoisotopic (exact) mass is 929 g/mol. The average molecular weight is 931 g/mol. The Bertz CT molecular complexity index is 3220. The van der Waals surface area contributed by atoms with Gasteiger partial charge in [0.1, 0.15) is 27.1 Å². The summed E-state index contributed by atoms with van der Waals surface area (Å²) >= 11 is 12.2. The summed E-state index contributed by atoms with van der Waals surface area (Å²) < 4.78 is 77.5. The predicted molar refractivity (Wildman–Crippen MR) is 231 cm³/mol. The summed E-state index contributed by atoms with van der Waals surface area (Å²) in [5.41, 5.74) is 3.61. The molecule has 0 atom stereocenters. The van der Waals surface area contributed by atoms with Crippen LogP contribution in [-0.4, -0.2) is 67.4 Å². The number of benzene rings is 4. The van der Waals surface area contributed by atoms with E-state index in [-0.39, 0.29) is 61.1 Å². The number of pyridine rings is 2. The van der Waals surface area contributed by atoms with Crippen molar-refractivity contribution in [3.05, 3.63) is 166 Å². The smallest absolute Gasteiger partial charge is 0.253 e. The topological polar surface area (TPSA) is 204 Å². The number of carbonyl (C=O) groups excluding carboxylic acids is 2. The largest absolute Gasteiger partial charge is 0.497 e. The molecule has 4 aromatic heterocycles. The summed E-state index contributed by atoms with van der Waals surface area (Å²) in [5.74, 6) is -1.14. The number of methoxy groups -OCH3 is 2. The number of aromatic nitrogens is 5. The number of nitrogens with zero attached hydrogens (tertiary/aromatic N) is 4. The molecule has 0 aliphatic heterocycles. The first-order chi connectivity index (χ1) is 30.2. The molecule has 0 aliphatic rings. The summed E-state index contributed by atoms with van der Waals surface area (Å²) in [5, 5.41) is 13.0. The molecule has 15 nitrogen and oxygen atoms in total. The lowest BCUT2D eigenvalue weighted by atomic mass is 10.2. The average Bonchev–Trinajstić information content (AvgIpc) is 3.97. The molecule has 8 rings (SSSR count). The quantitative estimate of drug-likeness (QED) is 0.111. The minimum atomic E-state index is -4.03. The van der Waals surface area contributed by atoms with Gasteiger partial charge in [0.2, 0.25) is 19.7 Å². The van der Waals surface area contributed by atoms with Crippen molar-refractivity contribution in [2.75, 3.05) is 14.2 Å². The van der Waals surface area contributed by atoms with Crippen molar-refractivity contribution in [3.63, 3.8) is 0 Å². The van der Waals surface area contributed by atoms with Gasteiger partial charge in [-0.1, -0.05) is 47.5 Å². The lowest BCUT2D eigenvalue weighted by Gasteiger charge is -2.12. The molecular weight excluding hydrogens is 897 g/mol. The Morgan fingerprint density at radius 3 is 1.97 bits per heavy atom. The Hall–Kier alpha value is -6.86. The number of ether oxygens (including phenoxy) is 2. The zero-order valence-corrected chi connectivity index (χ0v) is 36.2. The molecule has 0 spiro atoms. The molecule has 4 aromatic carbocycles. The van der Waals surface area contributed by atoms with Gasteiger partial charge >= 0.3 is 0 Å². The highest BCUT2D eigenvalue weighted by Gasteiger charge is 2.25. The Kier molecular flexibility index (Phi) is 13.1. The fourth-order valence-electron chi connectivity index (χ4n) is 6.15. The molecule has 0 saturated carbocycles. The van der Waals surface area contributed by atoms with Crippen LogP contribution in [0.1, 0.15) is 31.8 Å². The maximum Gasteiger partial charge on any atom is 0.253 e. The maximum atomic E-state index is 14.2. The third-order valence-corrected chi connectivity index (χ3v) is 13.9. The molecule has 0 saturated heterocycles. The number of fused-ring (bicyclic) bond motifs is 2. The number of halogens is 3. The predicted octanol–water partition coefficient (Wildman–Crippen LogP) is 7.28. The lowest BCUT2D eigenvalue weighted by Crippen LogP contribution is -2.23. The van der Waals surface area contributed by atoms with Crippen LogP contribution in [0.25, 0.3) is 16.7 Å². The van der Waals surface area contributed by atoms with Crippen molar-refractivity contribution < 1.29 is 40.3 Å². The molecule has 0 aliphatic carbocycles. The summed E-state index contributed by atoms with van der Waals surface area (Å²) in [6.07, 6.45) is 8.11. The molecule has 0 fully saturated rings. The maximum absolute atomic E-state index is 14.2. The van der Waals surface area contributed by atoms with E-state index in [1.807, 2.05) is 0 Å². The van der Waals surface area contributed by atoms with E-state index >= 15 is 0 Å². The summed E-state index contributed by atoms with van der Waals surface area (Å²) in [7, 11) is -5.20. The van der Waals surface area contributed by atoms with Crippen LogP contribution in [0, 0.1) is 5.82 Å². The standard InChI is InChI=1S/C22H18FN3O4S.C21H16Cl2N4O4S/c1-30-17-5-8-20(19(23)12-17)31(28,29)18-6-2-15(3-7-18)13-25-22(27)16-4-9-21-24-10-11-26(21)14-16;1-31-19-16(22)6-7-17(18(19)23)32(29,30)15-4-2-12(3-5-15)9-25-21(28)14-8-13-11-26-27-20(13)24-10-14/h2-12,14H,13H2,1H3,(H,25,27);2-8,10-11H,9H2,1H3,(H,25,28)(H,24,26,27). The van der Waals surface area contributed by atoms with Crippen LogP contribution < -0.4 is 20.1 Å². The number of imidazole rings is 1. The van der Waals surface area contributed by atoms with Gasteiger partial charge in [-0.25, -0.2) is 31.2 Å². The minimum Gasteiger partial charge on any atom is -0.497 e. The van der Waals surface area contributed by atoms with Gasteiger partial charge in [-0.2, -0.15) is 5.10 Å². The van der Waals surface area contributed by atoms with E-state index in [1.165, 1.54) is 68.9 Å². The third-order valence-electron chi connectivity index (χ3n) is 9.51. The number of H-pyrrole nitrogens is 1. The van der Waals surface area contributed by atoms with Crippen LogP contribution in [0.5, 0.6) is 11.5 Å². The highest BCUT2D eigenvalue weighted by Crippen LogP contribution is 2.39. The summed E-state index contributed by atoms with van der Waals surface area (Å²) in [4.78, 5) is 32.5. The minimum absolute atomic E-state index is 0.0443. The molecule has 0 unspecified atom stereocenters. The summed E-state index contributed by atoms with van der Waals surface area (Å²) in [6.45, 7) is 0.413. The number of aromatic amines is 1. The van der Waals surface area contributed by atoms with Gasteiger partial charge < -0.3 is 24.5 Å². The lowest BCUT2D eigenvalue weighted by molar-refractivity contribution is 0.0942. The molecule has 2 amide bonds. The van der Waals surface area contributed by atoms with Crippen LogP contribution >= 0.6 is 23.2 Å². The van der Waals surface area contributed by atoms with Crippen molar-refractivity contribution in [2.24, 2.45) is 0 Å². The van der Waals surface area contributed by atoms with Crippen molar-refractivity contribution in [1.82, 2.24) is 35.2 Å². The second kappa shape index (κ2) is 18.6. The molecule has 322 valence electrons. The zero-order valence-electron chi connectivity index (χ0n) is 33.0.